The van der Waals surface area contributed by atoms with Gasteiger partial charge in [-0.25, -0.2) is 0 Å². The monoisotopic (exact) mass is 832 g/mol. The first-order valence-corrected chi connectivity index (χ1v) is 22.0. The van der Waals surface area contributed by atoms with Crippen LogP contribution in [0.4, 0.5) is 0 Å². The van der Waals surface area contributed by atoms with E-state index in [9.17, 15) is 33.6 Å². The van der Waals surface area contributed by atoms with Crippen LogP contribution >= 0.6 is 0 Å². The van der Waals surface area contributed by atoms with E-state index in [2.05, 4.69) is 21.3 Å². The zero-order chi connectivity index (χ0) is 44.0. The standard InChI is InChI=1S/C47H69N5O8/c1-29(2)22-37(43(56)46(59)49-28-40(55)52-42(44(48)57)34-19-13-14-30(3)23-34)50-45(58)35-21-20-32(24-36(27-35)60-47(4,5)6)25-38(53)41(33-17-11-8-12-18-33)51-39(54)26-31-15-9-7-10-16-31/h7,9-10,13,15-16,19,23,29-30,32-33,35-37,41-42H,8,11-12,14,17-18,20-22,24-28H2,1-6H3,(H2,48,57)(H,49,59)(H,50,58)(H,51,54)(H,52,55)/t30?,32?,35-,36-,37?,41-,42?/m0/s1. The van der Waals surface area contributed by atoms with Crippen molar-refractivity contribution < 1.29 is 38.3 Å². The molecule has 3 aliphatic rings. The highest BCUT2D eigenvalue weighted by molar-refractivity contribution is 6.38. The summed E-state index contributed by atoms with van der Waals surface area (Å²) in [4.78, 5) is 93.2. The van der Waals surface area contributed by atoms with E-state index in [4.69, 9.17) is 10.5 Å². The summed E-state index contributed by atoms with van der Waals surface area (Å²) in [5, 5.41) is 10.9. The van der Waals surface area contributed by atoms with Crippen molar-refractivity contribution in [1.29, 1.82) is 0 Å². The maximum Gasteiger partial charge on any atom is 0.290 e. The highest BCUT2D eigenvalue weighted by atomic mass is 16.5. The van der Waals surface area contributed by atoms with Gasteiger partial charge in [-0.1, -0.05) is 88.6 Å². The molecule has 0 spiro atoms. The second kappa shape index (κ2) is 22.8. The Bertz CT molecular complexity index is 1730. The molecule has 1 aromatic carbocycles. The number of amides is 5. The van der Waals surface area contributed by atoms with E-state index >= 15 is 0 Å². The molecule has 2 saturated carbocycles. The number of allylic oxidation sites excluding steroid dienone is 2. The van der Waals surface area contributed by atoms with Crippen LogP contribution in [0.5, 0.6) is 0 Å². The van der Waals surface area contributed by atoms with Crippen molar-refractivity contribution in [3.05, 3.63) is 59.7 Å². The van der Waals surface area contributed by atoms with Gasteiger partial charge in [-0.15, -0.1) is 0 Å². The molecular weight excluding hydrogens is 763 g/mol. The van der Waals surface area contributed by atoms with Gasteiger partial charge in [-0.05, 0) is 107 Å². The summed E-state index contributed by atoms with van der Waals surface area (Å²) in [6.45, 7) is 11.0. The lowest BCUT2D eigenvalue weighted by Crippen LogP contribution is -2.52. The molecule has 0 heterocycles. The fourth-order valence-electron chi connectivity index (χ4n) is 8.82. The van der Waals surface area contributed by atoms with Gasteiger partial charge in [0.15, 0.2) is 5.78 Å². The second-order valence-electron chi connectivity index (χ2n) is 18.7. The number of benzene rings is 1. The van der Waals surface area contributed by atoms with Crippen molar-refractivity contribution in [2.24, 2.45) is 35.3 Å². The zero-order valence-corrected chi connectivity index (χ0v) is 36.6. The average molecular weight is 832 g/mol. The number of Topliss-reactive ketones (excluding diaryl/α,β-unsaturated/α-hetero) is 2. The number of hydrogen-bond acceptors (Lipinski definition) is 8. The third-order valence-corrected chi connectivity index (χ3v) is 11.6. The molecule has 4 rings (SSSR count). The zero-order valence-electron chi connectivity index (χ0n) is 36.6. The molecule has 0 radical (unpaired) electrons. The van der Waals surface area contributed by atoms with Crippen molar-refractivity contribution in [2.45, 2.75) is 155 Å². The van der Waals surface area contributed by atoms with Gasteiger partial charge in [0.1, 0.15) is 6.04 Å². The van der Waals surface area contributed by atoms with Crippen LogP contribution in [-0.4, -0.2) is 77.5 Å². The van der Waals surface area contributed by atoms with E-state index in [0.29, 0.717) is 31.3 Å². The van der Waals surface area contributed by atoms with Crippen molar-refractivity contribution in [1.82, 2.24) is 21.3 Å². The van der Waals surface area contributed by atoms with Crippen LogP contribution in [-0.2, 0) is 44.7 Å². The number of carbonyl (C=O) groups is 7. The largest absolute Gasteiger partial charge is 0.373 e. The van der Waals surface area contributed by atoms with Crippen molar-refractivity contribution in [3.63, 3.8) is 0 Å². The average Bonchev–Trinajstić information content (AvgIpc) is 3.38. The molecule has 0 bridgehead atoms. The Kier molecular flexibility index (Phi) is 18.3. The number of nitrogens with two attached hydrogens (primary N) is 1. The van der Waals surface area contributed by atoms with Crippen molar-refractivity contribution in [2.75, 3.05) is 6.54 Å². The number of carbonyl (C=O) groups excluding carboxylic acids is 7. The fourth-order valence-corrected chi connectivity index (χ4v) is 8.82. The predicted molar refractivity (Wildman–Crippen MR) is 230 cm³/mol. The molecule has 60 heavy (non-hydrogen) atoms. The lowest BCUT2D eigenvalue weighted by molar-refractivity contribution is -0.141. The van der Waals surface area contributed by atoms with Gasteiger partial charge in [0.05, 0.1) is 36.8 Å². The van der Waals surface area contributed by atoms with Gasteiger partial charge in [0.2, 0.25) is 29.4 Å². The van der Waals surface area contributed by atoms with Crippen LogP contribution in [0, 0.1) is 29.6 Å². The highest BCUT2D eigenvalue weighted by Crippen LogP contribution is 2.35. The molecule has 5 amide bonds. The number of nitrogens with one attached hydrogen (secondary N) is 4. The first-order valence-electron chi connectivity index (χ1n) is 22.0. The molecule has 0 aromatic heterocycles. The Morgan fingerprint density at radius 2 is 1.57 bits per heavy atom. The van der Waals surface area contributed by atoms with Gasteiger partial charge in [-0.3, -0.25) is 33.6 Å². The first-order chi connectivity index (χ1) is 28.4. The fraction of sp³-hybridized carbons (Fsp3) is 0.638. The summed E-state index contributed by atoms with van der Waals surface area (Å²) in [5.74, 6) is -4.38. The van der Waals surface area contributed by atoms with Crippen LogP contribution in [0.3, 0.4) is 0 Å². The summed E-state index contributed by atoms with van der Waals surface area (Å²) >= 11 is 0. The number of ketones is 2. The van der Waals surface area contributed by atoms with E-state index < -0.39 is 59.7 Å². The molecule has 0 saturated heterocycles. The van der Waals surface area contributed by atoms with E-state index in [1.807, 2.05) is 84.0 Å². The van der Waals surface area contributed by atoms with Gasteiger partial charge in [-0.2, -0.15) is 0 Å². The van der Waals surface area contributed by atoms with E-state index in [0.717, 1.165) is 44.1 Å². The van der Waals surface area contributed by atoms with Crippen LogP contribution < -0.4 is 27.0 Å². The topological polar surface area (TPSA) is 203 Å². The minimum atomic E-state index is -1.14. The Labute approximate surface area is 356 Å². The van der Waals surface area contributed by atoms with Crippen LogP contribution in [0.25, 0.3) is 0 Å². The first kappa shape index (κ1) is 48.0. The lowest BCUT2D eigenvalue weighted by Gasteiger charge is -2.32. The maximum atomic E-state index is 14.2. The second-order valence-corrected chi connectivity index (χ2v) is 18.7. The van der Waals surface area contributed by atoms with Gasteiger partial charge in [0, 0.05) is 12.3 Å². The quantitative estimate of drug-likeness (QED) is 0.0952. The van der Waals surface area contributed by atoms with E-state index in [1.165, 1.54) is 0 Å². The van der Waals surface area contributed by atoms with Crippen LogP contribution in [0.2, 0.25) is 0 Å². The summed E-state index contributed by atoms with van der Waals surface area (Å²) in [6, 6.07) is 6.68. The number of ether oxygens (including phenoxy) is 1. The summed E-state index contributed by atoms with van der Waals surface area (Å²) in [6.07, 6.45) is 13.4. The molecule has 7 atom stereocenters. The third-order valence-electron chi connectivity index (χ3n) is 11.6. The number of primary amides is 1. The predicted octanol–water partition coefficient (Wildman–Crippen LogP) is 4.95. The van der Waals surface area contributed by atoms with Gasteiger partial charge >= 0.3 is 0 Å². The number of rotatable bonds is 19. The van der Waals surface area contributed by atoms with Gasteiger partial charge in [0.25, 0.3) is 5.91 Å². The SMILES string of the molecule is CC(C)CC(NC(=O)[C@H]1CCC(CC(=O)[C@@H](NC(=O)Cc2ccccc2)C2CCCCC2)C[C@H](OC(C)(C)C)C1)C(=O)C(=O)NCC(=O)NC(C(N)=O)C1=CC(C)CC=C1. The molecule has 330 valence electrons. The Balaban J connectivity index is 1.41. The molecule has 13 nitrogen and oxygen atoms in total. The summed E-state index contributed by atoms with van der Waals surface area (Å²) < 4.78 is 6.49. The Morgan fingerprint density at radius 1 is 0.867 bits per heavy atom. The summed E-state index contributed by atoms with van der Waals surface area (Å²) in [7, 11) is 0. The Hall–Kier alpha value is -4.65. The van der Waals surface area contributed by atoms with Crippen LogP contribution in [0.1, 0.15) is 124 Å². The molecule has 1 aromatic rings. The lowest BCUT2D eigenvalue weighted by atomic mass is 9.79. The van der Waals surface area contributed by atoms with Crippen molar-refractivity contribution in [3.8, 4) is 0 Å². The maximum absolute atomic E-state index is 14.2. The molecule has 13 heteroatoms. The minimum absolute atomic E-state index is 0.00988. The molecule has 0 aliphatic heterocycles. The van der Waals surface area contributed by atoms with E-state index in [1.54, 1.807) is 6.08 Å². The highest BCUT2D eigenvalue weighted by Gasteiger charge is 2.38. The smallest absolute Gasteiger partial charge is 0.290 e. The number of hydrogen-bond donors (Lipinski definition) is 5. The molecular formula is C47H69N5O8. The normalized spacial score (nSPS) is 22.6. The molecule has 4 unspecified atom stereocenters. The van der Waals surface area contributed by atoms with Gasteiger partial charge < -0.3 is 31.7 Å². The minimum Gasteiger partial charge on any atom is -0.373 e. The third kappa shape index (κ3) is 15.7. The van der Waals surface area contributed by atoms with Crippen LogP contribution in [0.15, 0.2) is 54.1 Å². The molecule has 3 aliphatic carbocycles. The molecule has 6 N–H and O–H groups in total. The Morgan fingerprint density at radius 3 is 2.20 bits per heavy atom. The molecule has 2 fully saturated rings. The van der Waals surface area contributed by atoms with Crippen molar-refractivity contribution >= 4 is 41.1 Å². The summed E-state index contributed by atoms with van der Waals surface area (Å²) in [5.41, 5.74) is 6.48. The van der Waals surface area contributed by atoms with E-state index in [-0.39, 0.29) is 66.6 Å².